The van der Waals surface area contributed by atoms with Crippen LogP contribution >= 0.6 is 0 Å². The second-order valence-corrected chi connectivity index (χ2v) is 8.12. The summed E-state index contributed by atoms with van der Waals surface area (Å²) in [5.41, 5.74) is 0.796. The summed E-state index contributed by atoms with van der Waals surface area (Å²) in [7, 11) is -2.71. The molecule has 31 heavy (non-hydrogen) atoms. The van der Waals surface area contributed by atoms with Gasteiger partial charge in [-0.3, -0.25) is 4.79 Å². The molecule has 0 bridgehead atoms. The molecule has 0 unspecified atom stereocenters. The molecule has 0 spiro atoms. The number of hydrogen-bond donors (Lipinski definition) is 2. The van der Waals surface area contributed by atoms with Crippen molar-refractivity contribution in [3.05, 3.63) is 47.5 Å². The lowest BCUT2D eigenvalue weighted by Gasteiger charge is -2.18. The zero-order valence-electron chi connectivity index (χ0n) is 16.8. The highest BCUT2D eigenvalue weighted by atomic mass is 32.2. The van der Waals surface area contributed by atoms with Crippen molar-refractivity contribution in [1.29, 1.82) is 0 Å². The Balaban J connectivity index is 1.51. The molecule has 2 aromatic rings. The number of sulfonamides is 1. The average Bonchev–Trinajstić information content (AvgIpc) is 2.76. The van der Waals surface area contributed by atoms with Crippen LogP contribution in [-0.4, -0.2) is 53.8 Å². The van der Waals surface area contributed by atoms with Gasteiger partial charge < -0.3 is 24.3 Å². The van der Waals surface area contributed by atoms with Crippen molar-refractivity contribution in [2.75, 3.05) is 33.5 Å². The van der Waals surface area contributed by atoms with Crippen LogP contribution in [0.2, 0.25) is 0 Å². The number of esters is 1. The van der Waals surface area contributed by atoms with E-state index >= 15 is 0 Å². The lowest BCUT2D eigenvalue weighted by molar-refractivity contribution is -0.124. The van der Waals surface area contributed by atoms with Gasteiger partial charge in [-0.1, -0.05) is 6.07 Å². The highest BCUT2D eigenvalue weighted by Crippen LogP contribution is 2.30. The molecule has 1 aliphatic heterocycles. The van der Waals surface area contributed by atoms with E-state index in [1.807, 2.05) is 18.2 Å². The van der Waals surface area contributed by atoms with Gasteiger partial charge in [-0.25, -0.2) is 18.4 Å². The molecule has 0 saturated carbocycles. The summed E-state index contributed by atoms with van der Waals surface area (Å²) < 4.78 is 44.0. The van der Waals surface area contributed by atoms with E-state index in [-0.39, 0.29) is 16.2 Å². The van der Waals surface area contributed by atoms with E-state index in [1.54, 1.807) is 0 Å². The topological polar surface area (TPSA) is 143 Å². The second kappa shape index (κ2) is 9.67. The molecular weight excluding hydrogens is 428 g/mol. The van der Waals surface area contributed by atoms with Crippen molar-refractivity contribution >= 4 is 21.9 Å². The number of ether oxygens (including phenoxy) is 4. The number of primary sulfonamides is 1. The predicted molar refractivity (Wildman–Crippen MR) is 109 cm³/mol. The van der Waals surface area contributed by atoms with E-state index < -0.39 is 28.5 Å². The Labute approximate surface area is 179 Å². The van der Waals surface area contributed by atoms with Crippen molar-refractivity contribution in [1.82, 2.24) is 5.32 Å². The van der Waals surface area contributed by atoms with Crippen LogP contribution in [0.1, 0.15) is 15.9 Å². The number of methoxy groups -OCH3 is 1. The fraction of sp³-hybridized carbons (Fsp3) is 0.300. The first-order chi connectivity index (χ1) is 14.8. The maximum absolute atomic E-state index is 12.3. The van der Waals surface area contributed by atoms with Crippen molar-refractivity contribution < 1.29 is 37.0 Å². The van der Waals surface area contributed by atoms with E-state index in [0.717, 1.165) is 11.6 Å². The molecule has 0 aliphatic carbocycles. The van der Waals surface area contributed by atoms with Gasteiger partial charge in [0, 0.05) is 6.54 Å². The molecule has 2 aromatic carbocycles. The maximum atomic E-state index is 12.3. The maximum Gasteiger partial charge on any atom is 0.342 e. The van der Waals surface area contributed by atoms with Crippen LogP contribution in [0.15, 0.2) is 41.3 Å². The summed E-state index contributed by atoms with van der Waals surface area (Å²) in [6.07, 6.45) is 0.542. The van der Waals surface area contributed by atoms with Gasteiger partial charge in [0.25, 0.3) is 5.91 Å². The Morgan fingerprint density at radius 2 is 1.84 bits per heavy atom. The molecule has 0 aromatic heterocycles. The van der Waals surface area contributed by atoms with Crippen molar-refractivity contribution in [3.63, 3.8) is 0 Å². The minimum absolute atomic E-state index is 0.0939. The molecule has 1 heterocycles. The zero-order chi connectivity index (χ0) is 22.4. The van der Waals surface area contributed by atoms with Gasteiger partial charge in [-0.05, 0) is 42.3 Å². The lowest BCUT2D eigenvalue weighted by Crippen LogP contribution is -2.30. The minimum Gasteiger partial charge on any atom is -0.496 e. The van der Waals surface area contributed by atoms with Gasteiger partial charge in [0.2, 0.25) is 10.0 Å². The van der Waals surface area contributed by atoms with Crippen LogP contribution in [0.5, 0.6) is 17.2 Å². The molecular formula is C20H22N2O8S. The third-order valence-electron chi connectivity index (χ3n) is 4.40. The van der Waals surface area contributed by atoms with Crippen molar-refractivity contribution in [3.8, 4) is 17.2 Å². The number of carbonyl (C=O) groups excluding carboxylic acids is 2. The summed E-state index contributed by atoms with van der Waals surface area (Å²) in [4.78, 5) is 24.0. The Kier molecular flexibility index (Phi) is 6.98. The molecule has 1 amide bonds. The Bertz CT molecular complexity index is 1080. The summed E-state index contributed by atoms with van der Waals surface area (Å²) in [5.74, 6) is 0.0285. The summed E-state index contributed by atoms with van der Waals surface area (Å²) >= 11 is 0. The average molecular weight is 450 g/mol. The van der Waals surface area contributed by atoms with E-state index in [1.165, 1.54) is 19.2 Å². The molecule has 0 fully saturated rings. The van der Waals surface area contributed by atoms with Crippen LogP contribution < -0.4 is 24.7 Å². The van der Waals surface area contributed by atoms with Crippen LogP contribution in [-0.2, 0) is 26.0 Å². The van der Waals surface area contributed by atoms with E-state index in [2.05, 4.69) is 5.32 Å². The fourth-order valence-corrected chi connectivity index (χ4v) is 3.41. The molecule has 3 N–H and O–H groups in total. The first kappa shape index (κ1) is 22.4. The first-order valence-corrected chi connectivity index (χ1v) is 10.9. The fourth-order valence-electron chi connectivity index (χ4n) is 2.87. The molecule has 11 heteroatoms. The van der Waals surface area contributed by atoms with Gasteiger partial charge >= 0.3 is 5.97 Å². The van der Waals surface area contributed by atoms with E-state index in [9.17, 15) is 18.0 Å². The highest BCUT2D eigenvalue weighted by Gasteiger charge is 2.19. The quantitative estimate of drug-likeness (QED) is 0.558. The number of amides is 1. The summed E-state index contributed by atoms with van der Waals surface area (Å²) in [5, 5.41) is 7.73. The number of nitrogens with two attached hydrogens (primary N) is 1. The van der Waals surface area contributed by atoms with Crippen LogP contribution in [0.3, 0.4) is 0 Å². The number of carbonyl (C=O) groups is 2. The second-order valence-electron chi connectivity index (χ2n) is 6.56. The van der Waals surface area contributed by atoms with E-state index in [0.29, 0.717) is 37.7 Å². The molecule has 0 radical (unpaired) electrons. The van der Waals surface area contributed by atoms with Gasteiger partial charge in [0.1, 0.15) is 24.5 Å². The van der Waals surface area contributed by atoms with Gasteiger partial charge in [0.15, 0.2) is 18.1 Å². The largest absolute Gasteiger partial charge is 0.496 e. The SMILES string of the molecule is COc1ccc(S(N)(=O)=O)cc1C(=O)OCC(=O)NCCc1ccc2c(c1)OCCO2. The Morgan fingerprint density at radius 1 is 1.10 bits per heavy atom. The van der Waals surface area contributed by atoms with Gasteiger partial charge in [0.05, 0.1) is 12.0 Å². The highest BCUT2D eigenvalue weighted by molar-refractivity contribution is 7.89. The smallest absolute Gasteiger partial charge is 0.342 e. The molecule has 1 aliphatic rings. The molecule has 0 atom stereocenters. The predicted octanol–water partition coefficient (Wildman–Crippen LogP) is 0.629. The summed E-state index contributed by atoms with van der Waals surface area (Å²) in [6.45, 7) is 0.783. The third kappa shape index (κ3) is 5.86. The first-order valence-electron chi connectivity index (χ1n) is 9.31. The van der Waals surface area contributed by atoms with Crippen LogP contribution in [0, 0.1) is 0 Å². The Hall–Kier alpha value is -3.31. The number of fused-ring (bicyclic) bond motifs is 1. The molecule has 166 valence electrons. The lowest BCUT2D eigenvalue weighted by atomic mass is 10.1. The number of nitrogens with one attached hydrogen (secondary N) is 1. The van der Waals surface area contributed by atoms with Gasteiger partial charge in [-0.2, -0.15) is 0 Å². The monoisotopic (exact) mass is 450 g/mol. The molecule has 3 rings (SSSR count). The zero-order valence-corrected chi connectivity index (χ0v) is 17.6. The van der Waals surface area contributed by atoms with Gasteiger partial charge in [-0.15, -0.1) is 0 Å². The number of rotatable bonds is 8. The standard InChI is InChI=1S/C20H22N2O8S/c1-27-16-5-3-14(31(21,25)26)11-15(16)20(24)30-12-19(23)22-7-6-13-2-4-17-18(10-13)29-9-8-28-17/h2-5,10-11H,6-9,12H2,1H3,(H,22,23)(H2,21,25,26). The Morgan fingerprint density at radius 3 is 2.55 bits per heavy atom. The number of hydrogen-bond acceptors (Lipinski definition) is 8. The van der Waals surface area contributed by atoms with E-state index in [4.69, 9.17) is 24.1 Å². The van der Waals surface area contributed by atoms with Crippen LogP contribution in [0.25, 0.3) is 0 Å². The normalized spacial score (nSPS) is 12.7. The number of benzene rings is 2. The van der Waals surface area contributed by atoms with Crippen LogP contribution in [0.4, 0.5) is 0 Å². The summed E-state index contributed by atoms with van der Waals surface area (Å²) in [6, 6.07) is 9.07. The third-order valence-corrected chi connectivity index (χ3v) is 5.31. The minimum atomic E-state index is -4.02. The van der Waals surface area contributed by atoms with Crippen molar-refractivity contribution in [2.45, 2.75) is 11.3 Å². The van der Waals surface area contributed by atoms with Crippen molar-refractivity contribution in [2.24, 2.45) is 5.14 Å². The molecule has 10 nitrogen and oxygen atoms in total. The molecule has 0 saturated heterocycles.